The van der Waals surface area contributed by atoms with E-state index in [9.17, 15) is 13.2 Å². The van der Waals surface area contributed by atoms with Gasteiger partial charge in [0.1, 0.15) is 0 Å². The van der Waals surface area contributed by atoms with Crippen molar-refractivity contribution in [1.29, 1.82) is 0 Å². The molecule has 27 heavy (non-hydrogen) atoms. The Hall–Kier alpha value is -0.780. The van der Waals surface area contributed by atoms with Gasteiger partial charge < -0.3 is 19.5 Å². The van der Waals surface area contributed by atoms with E-state index in [1.54, 1.807) is 7.11 Å². The maximum absolute atomic E-state index is 12.9. The Morgan fingerprint density at radius 1 is 1.11 bits per heavy atom. The SMILES string of the molecule is COCCCNC(=O)C1CCN(S(=O)(=O)N2CCC3(CC2)OCCO3)CC1. The van der Waals surface area contributed by atoms with Crippen LogP contribution in [0.5, 0.6) is 0 Å². The fourth-order valence-electron chi connectivity index (χ4n) is 3.93. The lowest BCUT2D eigenvalue weighted by Crippen LogP contribution is -2.53. The van der Waals surface area contributed by atoms with Gasteiger partial charge in [0.2, 0.25) is 5.91 Å². The first-order chi connectivity index (χ1) is 13.0. The van der Waals surface area contributed by atoms with Crippen molar-refractivity contribution in [1.82, 2.24) is 13.9 Å². The number of ether oxygens (including phenoxy) is 3. The van der Waals surface area contributed by atoms with Gasteiger partial charge in [0, 0.05) is 65.2 Å². The third-order valence-corrected chi connectivity index (χ3v) is 7.63. The molecule has 1 amide bonds. The van der Waals surface area contributed by atoms with Crippen LogP contribution in [0.2, 0.25) is 0 Å². The van der Waals surface area contributed by atoms with Crippen LogP contribution in [0.25, 0.3) is 0 Å². The molecule has 3 rings (SSSR count). The highest BCUT2D eigenvalue weighted by atomic mass is 32.2. The van der Waals surface area contributed by atoms with Crippen molar-refractivity contribution in [3.8, 4) is 0 Å². The second-order valence-electron chi connectivity index (χ2n) is 7.33. The smallest absolute Gasteiger partial charge is 0.281 e. The van der Waals surface area contributed by atoms with Gasteiger partial charge in [-0.25, -0.2) is 0 Å². The zero-order chi connectivity index (χ0) is 19.3. The summed E-state index contributed by atoms with van der Waals surface area (Å²) in [7, 11) is -1.86. The van der Waals surface area contributed by atoms with Crippen molar-refractivity contribution in [2.24, 2.45) is 5.92 Å². The molecule has 0 aromatic carbocycles. The Morgan fingerprint density at radius 3 is 2.30 bits per heavy atom. The topological polar surface area (TPSA) is 97.4 Å². The summed E-state index contributed by atoms with van der Waals surface area (Å²) in [6.07, 6.45) is 3.01. The molecule has 1 spiro atoms. The van der Waals surface area contributed by atoms with E-state index in [1.165, 1.54) is 8.61 Å². The summed E-state index contributed by atoms with van der Waals surface area (Å²) in [6.45, 7) is 3.93. The van der Waals surface area contributed by atoms with E-state index in [0.717, 1.165) is 6.42 Å². The molecule has 3 fully saturated rings. The number of carbonyl (C=O) groups is 1. The molecule has 10 heteroatoms. The van der Waals surface area contributed by atoms with Crippen LogP contribution >= 0.6 is 0 Å². The van der Waals surface area contributed by atoms with Crippen LogP contribution in [0.4, 0.5) is 0 Å². The third kappa shape index (κ3) is 4.99. The first-order valence-electron chi connectivity index (χ1n) is 9.77. The number of methoxy groups -OCH3 is 1. The summed E-state index contributed by atoms with van der Waals surface area (Å²) in [5.41, 5.74) is 0. The van der Waals surface area contributed by atoms with Crippen molar-refractivity contribution in [2.75, 3.05) is 59.7 Å². The predicted octanol–water partition coefficient (Wildman–Crippen LogP) is -0.0652. The van der Waals surface area contributed by atoms with Crippen molar-refractivity contribution in [3.63, 3.8) is 0 Å². The van der Waals surface area contributed by atoms with Crippen molar-refractivity contribution in [3.05, 3.63) is 0 Å². The molecular weight excluding hydrogens is 374 g/mol. The summed E-state index contributed by atoms with van der Waals surface area (Å²) < 4.78 is 45.2. The van der Waals surface area contributed by atoms with E-state index in [0.29, 0.717) is 78.2 Å². The van der Waals surface area contributed by atoms with Crippen molar-refractivity contribution in [2.45, 2.75) is 37.9 Å². The zero-order valence-electron chi connectivity index (χ0n) is 16.0. The molecule has 0 atom stereocenters. The fourth-order valence-corrected chi connectivity index (χ4v) is 5.57. The molecule has 0 aromatic rings. The standard InChI is InChI=1S/C17H31N3O6S/c1-24-12-2-7-18-16(21)15-3-8-19(9-4-15)27(22,23)20-10-5-17(6-11-20)25-13-14-26-17/h15H,2-14H2,1H3,(H,18,21). The Bertz CT molecular complexity index is 590. The number of hydrogen-bond donors (Lipinski definition) is 1. The van der Waals surface area contributed by atoms with E-state index < -0.39 is 16.0 Å². The summed E-state index contributed by atoms with van der Waals surface area (Å²) >= 11 is 0. The number of carbonyl (C=O) groups excluding carboxylic acids is 1. The average Bonchev–Trinajstić information content (AvgIpc) is 3.13. The Balaban J connectivity index is 1.45. The minimum Gasteiger partial charge on any atom is -0.385 e. The third-order valence-electron chi connectivity index (χ3n) is 5.60. The molecule has 1 N–H and O–H groups in total. The van der Waals surface area contributed by atoms with Gasteiger partial charge in [-0.1, -0.05) is 0 Å². The van der Waals surface area contributed by atoms with Gasteiger partial charge in [-0.2, -0.15) is 17.0 Å². The van der Waals surface area contributed by atoms with Crippen molar-refractivity contribution < 1.29 is 27.4 Å². The molecule has 0 bridgehead atoms. The molecular formula is C17H31N3O6S. The largest absolute Gasteiger partial charge is 0.385 e. The zero-order valence-corrected chi connectivity index (χ0v) is 16.8. The molecule has 156 valence electrons. The number of hydrogen-bond acceptors (Lipinski definition) is 6. The van der Waals surface area contributed by atoms with E-state index in [1.807, 2.05) is 0 Å². The molecule has 0 unspecified atom stereocenters. The monoisotopic (exact) mass is 405 g/mol. The normalized spacial score (nSPS) is 25.1. The van der Waals surface area contributed by atoms with Gasteiger partial charge in [-0.3, -0.25) is 4.79 Å². The number of piperidine rings is 2. The average molecular weight is 406 g/mol. The van der Waals surface area contributed by atoms with E-state index >= 15 is 0 Å². The van der Waals surface area contributed by atoms with Gasteiger partial charge >= 0.3 is 0 Å². The van der Waals surface area contributed by atoms with Gasteiger partial charge in [0.25, 0.3) is 10.2 Å². The quantitative estimate of drug-likeness (QED) is 0.596. The fraction of sp³-hybridized carbons (Fsp3) is 0.941. The highest BCUT2D eigenvalue weighted by Gasteiger charge is 2.44. The summed E-state index contributed by atoms with van der Waals surface area (Å²) in [6, 6.07) is 0. The van der Waals surface area contributed by atoms with Crippen LogP contribution < -0.4 is 5.32 Å². The Morgan fingerprint density at radius 2 is 1.70 bits per heavy atom. The molecule has 0 radical (unpaired) electrons. The first-order valence-corrected chi connectivity index (χ1v) is 11.2. The van der Waals surface area contributed by atoms with Gasteiger partial charge in [0.05, 0.1) is 13.2 Å². The number of rotatable bonds is 7. The molecule has 0 aromatic heterocycles. The van der Waals surface area contributed by atoms with E-state index in [2.05, 4.69) is 5.32 Å². The maximum Gasteiger partial charge on any atom is 0.281 e. The van der Waals surface area contributed by atoms with Crippen LogP contribution in [0.1, 0.15) is 32.1 Å². The van der Waals surface area contributed by atoms with Crippen molar-refractivity contribution >= 4 is 16.1 Å². The molecule has 3 heterocycles. The highest BCUT2D eigenvalue weighted by Crippen LogP contribution is 2.33. The van der Waals surface area contributed by atoms with Crippen LogP contribution in [0, 0.1) is 5.92 Å². The lowest BCUT2D eigenvalue weighted by molar-refractivity contribution is -0.179. The number of amides is 1. The Labute approximate surface area is 161 Å². The van der Waals surface area contributed by atoms with Gasteiger partial charge in [-0.15, -0.1) is 0 Å². The predicted molar refractivity (Wildman–Crippen MR) is 98.2 cm³/mol. The second-order valence-corrected chi connectivity index (χ2v) is 9.25. The molecule has 3 aliphatic rings. The Kier molecular flexibility index (Phi) is 7.09. The number of nitrogens with zero attached hydrogens (tertiary/aromatic N) is 2. The molecule has 9 nitrogen and oxygen atoms in total. The van der Waals surface area contributed by atoms with Gasteiger partial charge in [0.15, 0.2) is 5.79 Å². The number of nitrogens with one attached hydrogen (secondary N) is 1. The molecule has 0 aliphatic carbocycles. The first kappa shape index (κ1) is 20.9. The molecule has 3 saturated heterocycles. The molecule has 3 aliphatic heterocycles. The summed E-state index contributed by atoms with van der Waals surface area (Å²) in [5, 5.41) is 2.91. The van der Waals surface area contributed by atoms with Crippen LogP contribution in [-0.4, -0.2) is 88.4 Å². The minimum atomic E-state index is -3.50. The van der Waals surface area contributed by atoms with E-state index in [-0.39, 0.29) is 11.8 Å². The van der Waals surface area contributed by atoms with Gasteiger partial charge in [-0.05, 0) is 19.3 Å². The van der Waals surface area contributed by atoms with E-state index in [4.69, 9.17) is 14.2 Å². The van der Waals surface area contributed by atoms with Crippen LogP contribution in [-0.2, 0) is 29.2 Å². The minimum absolute atomic E-state index is 0.0126. The second kappa shape index (κ2) is 9.15. The maximum atomic E-state index is 12.9. The van der Waals surface area contributed by atoms with Crippen LogP contribution in [0.3, 0.4) is 0 Å². The summed E-state index contributed by atoms with van der Waals surface area (Å²) in [5.74, 6) is -0.692. The highest BCUT2D eigenvalue weighted by molar-refractivity contribution is 7.86. The molecule has 0 saturated carbocycles. The lowest BCUT2D eigenvalue weighted by Gasteiger charge is -2.40. The van der Waals surface area contributed by atoms with Crippen LogP contribution in [0.15, 0.2) is 0 Å². The lowest BCUT2D eigenvalue weighted by atomic mass is 9.97. The summed E-state index contributed by atoms with van der Waals surface area (Å²) in [4.78, 5) is 12.2.